The molecule has 2 bridgehead atoms. The molecule has 0 saturated heterocycles. The van der Waals surface area contributed by atoms with Crippen molar-refractivity contribution < 1.29 is 48.5 Å². The SMILES string of the molecule is O=C(O)CC[C@H](NC(=O)[C@H]1CC(=O)[C@@H](CCc2ccccc2)NC(=O)[C@H](Cc2ccc(-c3ccccc3)cc2)NC(=O)[C@@H](Cc2cccs2)NC(=O)COc2ccc(cc2)C1)C(=O)O. The number of hydrogen-bond donors (Lipinski definition) is 6. The van der Waals surface area contributed by atoms with Crippen LogP contribution in [0.3, 0.4) is 0 Å². The number of thiophene rings is 1. The van der Waals surface area contributed by atoms with Crippen molar-refractivity contribution in [3.63, 3.8) is 0 Å². The molecule has 0 spiro atoms. The number of ether oxygens (including phenoxy) is 1. The predicted molar refractivity (Wildman–Crippen MR) is 239 cm³/mol. The van der Waals surface area contributed by atoms with Crippen molar-refractivity contribution in [3.8, 4) is 16.9 Å². The first-order chi connectivity index (χ1) is 30.9. The van der Waals surface area contributed by atoms with E-state index in [2.05, 4.69) is 21.3 Å². The van der Waals surface area contributed by atoms with Crippen molar-refractivity contribution in [2.45, 2.75) is 75.5 Å². The van der Waals surface area contributed by atoms with E-state index in [9.17, 15) is 43.8 Å². The number of hydrogen-bond acceptors (Lipinski definition) is 9. The van der Waals surface area contributed by atoms with Crippen LogP contribution in [0.1, 0.15) is 47.3 Å². The van der Waals surface area contributed by atoms with Crippen molar-refractivity contribution in [2.24, 2.45) is 5.92 Å². The number of carbonyl (C=O) groups excluding carboxylic acids is 5. The minimum atomic E-state index is -1.54. The second-order valence-corrected chi connectivity index (χ2v) is 16.7. The first-order valence-electron chi connectivity index (χ1n) is 21.0. The summed E-state index contributed by atoms with van der Waals surface area (Å²) in [7, 11) is 0. The van der Waals surface area contributed by atoms with Crippen LogP contribution in [0.2, 0.25) is 0 Å². The molecule has 6 N–H and O–H groups in total. The molecule has 5 aromatic rings. The molecule has 64 heavy (non-hydrogen) atoms. The summed E-state index contributed by atoms with van der Waals surface area (Å²) in [6.45, 7) is -0.444. The number of carboxylic acids is 2. The number of nitrogens with one attached hydrogen (secondary N) is 4. The van der Waals surface area contributed by atoms with Crippen molar-refractivity contribution in [3.05, 3.63) is 148 Å². The van der Waals surface area contributed by atoms with E-state index in [0.29, 0.717) is 23.3 Å². The zero-order valence-electron chi connectivity index (χ0n) is 34.9. The Bertz CT molecular complexity index is 2380. The molecule has 0 radical (unpaired) electrons. The van der Waals surface area contributed by atoms with Gasteiger partial charge in [-0.1, -0.05) is 103 Å². The van der Waals surface area contributed by atoms with Gasteiger partial charge in [-0.15, -0.1) is 11.3 Å². The highest BCUT2D eigenvalue weighted by atomic mass is 32.1. The van der Waals surface area contributed by atoms with Gasteiger partial charge in [-0.25, -0.2) is 4.79 Å². The lowest BCUT2D eigenvalue weighted by Crippen LogP contribution is -2.57. The number of carbonyl (C=O) groups is 7. The molecule has 0 fully saturated rings. The maximum atomic E-state index is 14.6. The molecule has 7 rings (SSSR count). The zero-order chi connectivity index (χ0) is 45.4. The highest BCUT2D eigenvalue weighted by Crippen LogP contribution is 2.22. The van der Waals surface area contributed by atoms with E-state index in [4.69, 9.17) is 4.74 Å². The van der Waals surface area contributed by atoms with Crippen molar-refractivity contribution in [1.29, 1.82) is 0 Å². The molecule has 2 aliphatic rings. The Hall–Kier alpha value is -7.13. The van der Waals surface area contributed by atoms with Gasteiger partial charge >= 0.3 is 11.9 Å². The third kappa shape index (κ3) is 13.9. The number of benzene rings is 4. The Balaban J connectivity index is 1.35. The van der Waals surface area contributed by atoms with E-state index >= 15 is 0 Å². The molecule has 0 saturated carbocycles. The largest absolute Gasteiger partial charge is 0.484 e. The molecule has 15 heteroatoms. The minimum absolute atomic E-state index is 0.0148. The lowest BCUT2D eigenvalue weighted by atomic mass is 9.89. The van der Waals surface area contributed by atoms with E-state index in [1.54, 1.807) is 24.3 Å². The standard InChI is InChI=1S/C49H50N4O10S/c54-43-28-36(46(58)52-40(49(61)62)23-24-45(56)57)26-32-15-20-37(21-16-32)63-30-44(55)50-42(29-38-12-7-25-64-38)48(60)53-41(47(59)51-39(43)22-17-31-8-3-1-4-9-31)27-33-13-18-35(19-14-33)34-10-5-2-6-11-34/h1-16,18-21,25,36,39-42H,17,22-24,26-30H2,(H,50,55)(H,51,59)(H,52,58)(H,53,60)(H,56,57)(H,61,62)/t36-,39-,40+,41+,42-/m1/s1. The highest BCUT2D eigenvalue weighted by Gasteiger charge is 2.34. The van der Waals surface area contributed by atoms with Crippen LogP contribution in [0.4, 0.5) is 0 Å². The Kier molecular flexibility index (Phi) is 16.5. The fourth-order valence-corrected chi connectivity index (χ4v) is 8.16. The Labute approximate surface area is 374 Å². The first-order valence-corrected chi connectivity index (χ1v) is 21.9. The Morgan fingerprint density at radius 3 is 1.97 bits per heavy atom. The molecular formula is C49H50N4O10S. The second kappa shape index (κ2) is 22.8. The molecule has 4 amide bonds. The van der Waals surface area contributed by atoms with Gasteiger partial charge in [0.25, 0.3) is 5.91 Å². The number of aliphatic carboxylic acids is 2. The van der Waals surface area contributed by atoms with E-state index in [1.807, 2.05) is 102 Å². The molecule has 1 aromatic heterocycles. The summed E-state index contributed by atoms with van der Waals surface area (Å²) < 4.78 is 5.76. The van der Waals surface area contributed by atoms with Gasteiger partial charge in [-0.05, 0) is 77.1 Å². The van der Waals surface area contributed by atoms with Crippen LogP contribution in [-0.4, -0.2) is 82.3 Å². The summed E-state index contributed by atoms with van der Waals surface area (Å²) in [6, 6.07) is 31.6. The number of carboxylic acid groups (broad SMARTS) is 2. The number of Topliss-reactive ketones (excluding diaryl/α,β-unsaturated/α-hetero) is 1. The first kappa shape index (κ1) is 46.4. The van der Waals surface area contributed by atoms with Crippen molar-refractivity contribution in [1.82, 2.24) is 21.3 Å². The van der Waals surface area contributed by atoms with E-state index in [1.165, 1.54) is 11.3 Å². The average molecular weight is 887 g/mol. The van der Waals surface area contributed by atoms with E-state index < -0.39 is 90.9 Å². The summed E-state index contributed by atoms with van der Waals surface area (Å²) in [5, 5.41) is 31.9. The summed E-state index contributed by atoms with van der Waals surface area (Å²) in [4.78, 5) is 94.9. The summed E-state index contributed by atoms with van der Waals surface area (Å²) in [5.74, 6) is -6.71. The summed E-state index contributed by atoms with van der Waals surface area (Å²) in [6.07, 6.45) is -0.737. The highest BCUT2D eigenvalue weighted by molar-refractivity contribution is 7.09. The third-order valence-electron chi connectivity index (χ3n) is 10.9. The van der Waals surface area contributed by atoms with Gasteiger partial charge in [0.2, 0.25) is 17.7 Å². The van der Waals surface area contributed by atoms with Crippen LogP contribution in [0, 0.1) is 5.92 Å². The number of ketones is 1. The van der Waals surface area contributed by atoms with Gasteiger partial charge in [0, 0.05) is 36.5 Å². The fourth-order valence-electron chi connectivity index (χ4n) is 7.41. The van der Waals surface area contributed by atoms with Gasteiger partial charge in [0.1, 0.15) is 23.9 Å². The molecule has 0 aliphatic carbocycles. The topological polar surface area (TPSA) is 217 Å². The molecule has 4 aromatic carbocycles. The lowest BCUT2D eigenvalue weighted by molar-refractivity contribution is -0.144. The summed E-state index contributed by atoms with van der Waals surface area (Å²) in [5.41, 5.74) is 4.10. The molecule has 3 heterocycles. The maximum Gasteiger partial charge on any atom is 0.326 e. The average Bonchev–Trinajstić information content (AvgIpc) is 3.81. The van der Waals surface area contributed by atoms with Crippen molar-refractivity contribution >= 4 is 52.7 Å². The van der Waals surface area contributed by atoms with Crippen LogP contribution in [-0.2, 0) is 59.2 Å². The fraction of sp³-hybridized carbons (Fsp3) is 0.286. The molecule has 332 valence electrons. The molecule has 2 aliphatic heterocycles. The zero-order valence-corrected chi connectivity index (χ0v) is 35.8. The third-order valence-corrected chi connectivity index (χ3v) is 11.8. The van der Waals surface area contributed by atoms with E-state index in [-0.39, 0.29) is 32.1 Å². The number of fused-ring (bicyclic) bond motifs is 16. The molecule has 14 nitrogen and oxygen atoms in total. The smallest absolute Gasteiger partial charge is 0.326 e. The Morgan fingerprint density at radius 2 is 1.33 bits per heavy atom. The quantitative estimate of drug-likeness (QED) is 0.0827. The van der Waals surface area contributed by atoms with Crippen LogP contribution in [0.15, 0.2) is 127 Å². The van der Waals surface area contributed by atoms with Gasteiger partial charge < -0.3 is 36.2 Å². The van der Waals surface area contributed by atoms with Gasteiger partial charge in [0.15, 0.2) is 12.4 Å². The van der Waals surface area contributed by atoms with Crippen LogP contribution < -0.4 is 26.0 Å². The molecule has 0 unspecified atom stereocenters. The van der Waals surface area contributed by atoms with Gasteiger partial charge in [-0.2, -0.15) is 0 Å². The number of rotatable bonds is 14. The number of aryl methyl sites for hydroxylation is 1. The lowest BCUT2D eigenvalue weighted by Gasteiger charge is -2.26. The monoisotopic (exact) mass is 886 g/mol. The maximum absolute atomic E-state index is 14.6. The Morgan fingerprint density at radius 1 is 0.688 bits per heavy atom. The normalized spacial score (nSPS) is 19.1. The molecular weight excluding hydrogens is 837 g/mol. The van der Waals surface area contributed by atoms with E-state index in [0.717, 1.165) is 21.6 Å². The van der Waals surface area contributed by atoms with Crippen LogP contribution in [0.25, 0.3) is 11.1 Å². The minimum Gasteiger partial charge on any atom is -0.484 e. The predicted octanol–water partition coefficient (Wildman–Crippen LogP) is 4.93. The van der Waals surface area contributed by atoms with Crippen LogP contribution >= 0.6 is 11.3 Å². The number of amides is 4. The van der Waals surface area contributed by atoms with Crippen LogP contribution in [0.5, 0.6) is 5.75 Å². The van der Waals surface area contributed by atoms with Crippen molar-refractivity contribution in [2.75, 3.05) is 6.61 Å². The molecule has 5 atom stereocenters. The van der Waals surface area contributed by atoms with Gasteiger partial charge in [0.05, 0.1) is 6.04 Å². The van der Waals surface area contributed by atoms with Gasteiger partial charge in [-0.3, -0.25) is 28.8 Å². The second-order valence-electron chi connectivity index (χ2n) is 15.7. The summed E-state index contributed by atoms with van der Waals surface area (Å²) >= 11 is 1.41.